The van der Waals surface area contributed by atoms with Crippen molar-refractivity contribution >= 4 is 11.9 Å². The van der Waals surface area contributed by atoms with Crippen molar-refractivity contribution in [3.8, 4) is 0 Å². The van der Waals surface area contributed by atoms with Gasteiger partial charge in [-0.1, -0.05) is 0 Å². The molecule has 76 valence electrons. The van der Waals surface area contributed by atoms with Gasteiger partial charge in [-0.25, -0.2) is 14.8 Å². The summed E-state index contributed by atoms with van der Waals surface area (Å²) in [5.41, 5.74) is 5.65. The Hall–Kier alpha value is -1.85. The molecule has 1 aromatic rings. The number of anilines is 1. The Bertz CT molecular complexity index is 316. The van der Waals surface area contributed by atoms with Gasteiger partial charge in [0, 0.05) is 11.8 Å². The van der Waals surface area contributed by atoms with Crippen LogP contribution in [0.3, 0.4) is 0 Å². The van der Waals surface area contributed by atoms with E-state index in [0.29, 0.717) is 12.4 Å². The summed E-state index contributed by atoms with van der Waals surface area (Å²) < 4.78 is 4.53. The number of nitrogens with zero attached hydrogens (tertiary/aromatic N) is 2. The minimum absolute atomic E-state index is 0.221. The van der Waals surface area contributed by atoms with E-state index in [-0.39, 0.29) is 6.61 Å². The molecule has 1 rings (SSSR count). The first-order chi connectivity index (χ1) is 6.68. The first-order valence-corrected chi connectivity index (χ1v) is 4.13. The van der Waals surface area contributed by atoms with Gasteiger partial charge in [0.05, 0.1) is 6.54 Å². The summed E-state index contributed by atoms with van der Waals surface area (Å²) in [6.45, 7) is 2.56. The highest BCUT2D eigenvalue weighted by molar-refractivity contribution is 5.64. The van der Waals surface area contributed by atoms with Crippen molar-refractivity contribution < 1.29 is 9.53 Å². The molecule has 1 heterocycles. The molecule has 0 aliphatic heterocycles. The van der Waals surface area contributed by atoms with Crippen LogP contribution in [0, 0.1) is 6.92 Å². The van der Waals surface area contributed by atoms with Crippen LogP contribution in [0.1, 0.15) is 5.69 Å². The number of aryl methyl sites for hydroxylation is 1. The summed E-state index contributed by atoms with van der Waals surface area (Å²) in [4.78, 5) is 18.1. The Balaban J connectivity index is 2.28. The fourth-order valence-electron chi connectivity index (χ4n) is 0.882. The first kappa shape index (κ1) is 10.2. The Labute approximate surface area is 81.5 Å². The molecule has 0 fully saturated rings. The summed E-state index contributed by atoms with van der Waals surface area (Å²) >= 11 is 0. The molecule has 0 unspecified atom stereocenters. The van der Waals surface area contributed by atoms with E-state index in [1.54, 1.807) is 6.07 Å². The molecule has 0 saturated heterocycles. The monoisotopic (exact) mass is 196 g/mol. The topological polar surface area (TPSA) is 90.1 Å². The molecule has 6 nitrogen and oxygen atoms in total. The van der Waals surface area contributed by atoms with E-state index in [9.17, 15) is 4.79 Å². The van der Waals surface area contributed by atoms with Gasteiger partial charge in [-0.2, -0.15) is 0 Å². The summed E-state index contributed by atoms with van der Waals surface area (Å²) in [7, 11) is 0. The smallest absolute Gasteiger partial charge is 0.404 e. The second-order valence-electron chi connectivity index (χ2n) is 2.64. The molecule has 1 aromatic heterocycles. The quantitative estimate of drug-likeness (QED) is 0.675. The molecule has 14 heavy (non-hydrogen) atoms. The number of nitrogens with one attached hydrogen (secondary N) is 1. The maximum Gasteiger partial charge on any atom is 0.404 e. The standard InChI is InChI=1S/C8H12N4O2/c1-6-4-7(12-5-11-6)10-2-3-14-8(9)13/h4-5H,2-3H2,1H3,(H2,9,13)(H,10,11,12). The third-order valence-electron chi connectivity index (χ3n) is 1.46. The van der Waals surface area contributed by atoms with Crippen LogP contribution in [0.4, 0.5) is 10.6 Å². The first-order valence-electron chi connectivity index (χ1n) is 4.13. The minimum atomic E-state index is -0.773. The number of ether oxygens (including phenoxy) is 1. The zero-order valence-electron chi connectivity index (χ0n) is 7.86. The summed E-state index contributed by atoms with van der Waals surface area (Å²) in [6.07, 6.45) is 0.692. The molecule has 1 amide bonds. The molecule has 0 aliphatic carbocycles. The molecular weight excluding hydrogens is 184 g/mol. The van der Waals surface area contributed by atoms with Crippen molar-refractivity contribution in [2.45, 2.75) is 6.92 Å². The molecular formula is C8H12N4O2. The maximum atomic E-state index is 10.2. The van der Waals surface area contributed by atoms with Crippen LogP contribution in [0.2, 0.25) is 0 Å². The van der Waals surface area contributed by atoms with Gasteiger partial charge in [0.1, 0.15) is 18.8 Å². The zero-order valence-corrected chi connectivity index (χ0v) is 7.86. The molecule has 0 aliphatic rings. The highest BCUT2D eigenvalue weighted by Crippen LogP contribution is 2.01. The molecule has 0 saturated carbocycles. The fraction of sp³-hybridized carbons (Fsp3) is 0.375. The molecule has 0 bridgehead atoms. The molecule has 3 N–H and O–H groups in total. The second-order valence-corrected chi connectivity index (χ2v) is 2.64. The SMILES string of the molecule is Cc1cc(NCCOC(N)=O)ncn1. The molecule has 0 spiro atoms. The van der Waals surface area contributed by atoms with E-state index in [0.717, 1.165) is 5.69 Å². The number of primary amides is 1. The van der Waals surface area contributed by atoms with Gasteiger partial charge in [0.2, 0.25) is 0 Å². The van der Waals surface area contributed by atoms with Gasteiger partial charge >= 0.3 is 6.09 Å². The second kappa shape index (κ2) is 5.00. The van der Waals surface area contributed by atoms with Crippen LogP contribution >= 0.6 is 0 Å². The van der Waals surface area contributed by atoms with Gasteiger partial charge in [0.15, 0.2) is 0 Å². The number of hydrogen-bond donors (Lipinski definition) is 2. The lowest BCUT2D eigenvalue weighted by molar-refractivity contribution is 0.161. The summed E-state index contributed by atoms with van der Waals surface area (Å²) in [6, 6.07) is 1.80. The number of aromatic nitrogens is 2. The normalized spacial score (nSPS) is 9.50. The summed E-state index contributed by atoms with van der Waals surface area (Å²) in [5, 5.41) is 2.96. The predicted octanol–water partition coefficient (Wildman–Crippen LogP) is 0.292. The third kappa shape index (κ3) is 3.70. The molecule has 0 atom stereocenters. The van der Waals surface area contributed by atoms with Gasteiger partial charge in [0.25, 0.3) is 0 Å². The third-order valence-corrected chi connectivity index (χ3v) is 1.46. The Morgan fingerprint density at radius 1 is 1.64 bits per heavy atom. The van der Waals surface area contributed by atoms with Crippen molar-refractivity contribution in [1.29, 1.82) is 0 Å². The molecule has 0 radical (unpaired) electrons. The lowest BCUT2D eigenvalue weighted by atomic mass is 10.4. The van der Waals surface area contributed by atoms with Gasteiger partial charge in [-0.3, -0.25) is 0 Å². The Morgan fingerprint density at radius 2 is 2.43 bits per heavy atom. The van der Waals surface area contributed by atoms with Crippen LogP contribution in [-0.2, 0) is 4.74 Å². The average Bonchev–Trinajstić information content (AvgIpc) is 2.12. The predicted molar refractivity (Wildman–Crippen MR) is 50.8 cm³/mol. The number of amides is 1. The number of nitrogens with two attached hydrogens (primary N) is 1. The van der Waals surface area contributed by atoms with E-state index in [2.05, 4.69) is 20.0 Å². The van der Waals surface area contributed by atoms with E-state index < -0.39 is 6.09 Å². The van der Waals surface area contributed by atoms with Crippen molar-refractivity contribution in [1.82, 2.24) is 9.97 Å². The summed E-state index contributed by atoms with van der Waals surface area (Å²) in [5.74, 6) is 0.700. The van der Waals surface area contributed by atoms with Crippen molar-refractivity contribution in [3.63, 3.8) is 0 Å². The Morgan fingerprint density at radius 3 is 3.07 bits per heavy atom. The number of hydrogen-bond acceptors (Lipinski definition) is 5. The lowest BCUT2D eigenvalue weighted by Gasteiger charge is -2.05. The van der Waals surface area contributed by atoms with Crippen molar-refractivity contribution in [3.05, 3.63) is 18.1 Å². The van der Waals surface area contributed by atoms with Crippen LogP contribution in [0.15, 0.2) is 12.4 Å². The Kier molecular flexibility index (Phi) is 3.66. The molecule has 0 aromatic carbocycles. The van der Waals surface area contributed by atoms with E-state index in [4.69, 9.17) is 5.73 Å². The van der Waals surface area contributed by atoms with Crippen molar-refractivity contribution in [2.75, 3.05) is 18.5 Å². The van der Waals surface area contributed by atoms with Crippen LogP contribution in [0.25, 0.3) is 0 Å². The lowest BCUT2D eigenvalue weighted by Crippen LogP contribution is -2.18. The number of carbonyl (C=O) groups is 1. The van der Waals surface area contributed by atoms with E-state index in [1.165, 1.54) is 6.33 Å². The minimum Gasteiger partial charge on any atom is -0.448 e. The highest BCUT2D eigenvalue weighted by Gasteiger charge is 1.95. The van der Waals surface area contributed by atoms with Gasteiger partial charge < -0.3 is 15.8 Å². The highest BCUT2D eigenvalue weighted by atomic mass is 16.5. The van der Waals surface area contributed by atoms with E-state index >= 15 is 0 Å². The fourth-order valence-corrected chi connectivity index (χ4v) is 0.882. The molecule has 6 heteroatoms. The zero-order chi connectivity index (χ0) is 10.4. The van der Waals surface area contributed by atoms with E-state index in [1.807, 2.05) is 6.92 Å². The van der Waals surface area contributed by atoms with Crippen molar-refractivity contribution in [2.24, 2.45) is 5.73 Å². The number of rotatable bonds is 4. The number of carbonyl (C=O) groups excluding carboxylic acids is 1. The van der Waals surface area contributed by atoms with Crippen LogP contribution < -0.4 is 11.1 Å². The maximum absolute atomic E-state index is 10.2. The van der Waals surface area contributed by atoms with Gasteiger partial charge in [-0.15, -0.1) is 0 Å². The largest absolute Gasteiger partial charge is 0.448 e. The van der Waals surface area contributed by atoms with Gasteiger partial charge in [-0.05, 0) is 6.92 Å². The van der Waals surface area contributed by atoms with Crippen LogP contribution in [0.5, 0.6) is 0 Å². The average molecular weight is 196 g/mol. The van der Waals surface area contributed by atoms with Crippen LogP contribution in [-0.4, -0.2) is 29.2 Å².